The fourth-order valence-corrected chi connectivity index (χ4v) is 13.7. The summed E-state index contributed by atoms with van der Waals surface area (Å²) in [5.41, 5.74) is 0. The minimum Gasteiger partial charge on any atom is -0.313 e. The molecular weight excluding hydrogens is 454 g/mol. The Labute approximate surface area is 203 Å². The van der Waals surface area contributed by atoms with Gasteiger partial charge in [-0.15, -0.1) is 0 Å². The zero-order valence-corrected chi connectivity index (χ0v) is 21.5. The zero-order chi connectivity index (χ0) is 23.9. The van der Waals surface area contributed by atoms with Gasteiger partial charge in [0.25, 0.3) is 0 Å². The van der Waals surface area contributed by atoms with Gasteiger partial charge in [-0.1, -0.05) is 148 Å². The van der Waals surface area contributed by atoms with E-state index in [2.05, 4.69) is 6.92 Å². The Kier molecular flexibility index (Phi) is 8.04. The Hall–Kier alpha value is -2.66. The number of rotatable bonds is 10. The number of hydrogen-bond donors (Lipinski definition) is 0. The van der Waals surface area contributed by atoms with E-state index < -0.39 is 19.7 Å². The van der Waals surface area contributed by atoms with Crippen LogP contribution in [0.4, 0.5) is 0 Å². The second kappa shape index (κ2) is 11.2. The Morgan fingerprint density at radius 1 is 0.500 bits per heavy atom. The molecule has 0 heterocycles. The van der Waals surface area contributed by atoms with Crippen molar-refractivity contribution in [3.05, 3.63) is 121 Å². The van der Waals surface area contributed by atoms with Crippen LogP contribution in [0.3, 0.4) is 0 Å². The van der Waals surface area contributed by atoms with Crippen molar-refractivity contribution in [2.24, 2.45) is 0 Å². The maximum absolute atomic E-state index is 15.5. The van der Waals surface area contributed by atoms with Crippen molar-refractivity contribution in [2.75, 3.05) is 0 Å². The summed E-state index contributed by atoms with van der Waals surface area (Å²) in [6.07, 6.45) is 3.59. The van der Waals surface area contributed by atoms with E-state index in [9.17, 15) is 0 Å². The number of unbranched alkanes of at least 4 members (excludes halogenated alkanes) is 2. The molecule has 0 saturated carbocycles. The lowest BCUT2D eigenvalue weighted by Crippen LogP contribution is -2.33. The Morgan fingerprint density at radius 2 is 0.794 bits per heavy atom. The Bertz CT molecular complexity index is 1070. The van der Waals surface area contributed by atoms with Crippen molar-refractivity contribution >= 4 is 35.5 Å². The van der Waals surface area contributed by atoms with Gasteiger partial charge in [0, 0.05) is 21.2 Å². The average molecular weight is 487 g/mol. The summed E-state index contributed by atoms with van der Waals surface area (Å²) in [5.74, 6) is 0. The number of hydrogen-bond acceptors (Lipinski definition) is 2. The molecule has 0 aromatic heterocycles. The van der Waals surface area contributed by atoms with E-state index in [-0.39, 0.29) is 0 Å². The lowest BCUT2D eigenvalue weighted by molar-refractivity contribution is 0.564. The van der Waals surface area contributed by atoms with Gasteiger partial charge in [-0.2, -0.15) is 0 Å². The van der Waals surface area contributed by atoms with Gasteiger partial charge >= 0.3 is 0 Å². The fourth-order valence-electron chi connectivity index (χ4n) is 4.75. The fraction of sp³-hybridized carbons (Fsp3) is 0.200. The van der Waals surface area contributed by atoms with Gasteiger partial charge in [0.05, 0.1) is 5.40 Å². The lowest BCUT2D eigenvalue weighted by atomic mass is 10.2. The first-order chi connectivity index (χ1) is 16.6. The standard InChI is InChI=1S/C30H32O2P2/c1-2-3-8-25-30(33(31,26-17-9-4-10-18-26)27-19-11-5-12-20-27)34(32,28-21-13-6-14-22-28)29-23-15-7-16-24-29/h4-7,9-24,30H,2-3,8,25H2,1H3. The number of benzene rings is 4. The molecule has 4 aromatic rings. The van der Waals surface area contributed by atoms with Crippen LogP contribution < -0.4 is 21.2 Å². The monoisotopic (exact) mass is 486 g/mol. The minimum atomic E-state index is -3.29. The quantitative estimate of drug-likeness (QED) is 0.180. The van der Waals surface area contributed by atoms with Crippen LogP contribution >= 0.6 is 14.3 Å². The van der Waals surface area contributed by atoms with Crippen LogP contribution in [0, 0.1) is 0 Å². The Balaban J connectivity index is 2.04. The van der Waals surface area contributed by atoms with E-state index >= 15 is 9.13 Å². The summed E-state index contributed by atoms with van der Waals surface area (Å²) >= 11 is 0. The van der Waals surface area contributed by atoms with Crippen LogP contribution in [-0.4, -0.2) is 5.40 Å². The van der Waals surface area contributed by atoms with E-state index in [1.54, 1.807) is 0 Å². The molecule has 0 aliphatic rings. The molecule has 0 bridgehead atoms. The highest BCUT2D eigenvalue weighted by atomic mass is 31.2. The molecule has 4 heteroatoms. The highest BCUT2D eigenvalue weighted by molar-refractivity contribution is 7.95. The van der Waals surface area contributed by atoms with Gasteiger partial charge in [0.15, 0.2) is 14.3 Å². The summed E-state index contributed by atoms with van der Waals surface area (Å²) < 4.78 is 31.1. The second-order valence-electron chi connectivity index (χ2n) is 8.63. The summed E-state index contributed by atoms with van der Waals surface area (Å²) in [6.45, 7) is 2.16. The molecule has 0 radical (unpaired) electrons. The summed E-state index contributed by atoms with van der Waals surface area (Å²) in [4.78, 5) is 0. The smallest absolute Gasteiger partial charge is 0.153 e. The molecule has 0 aliphatic heterocycles. The summed E-state index contributed by atoms with van der Waals surface area (Å²) in [5, 5.41) is 2.57. The molecule has 2 nitrogen and oxygen atoms in total. The molecule has 34 heavy (non-hydrogen) atoms. The lowest BCUT2D eigenvalue weighted by Gasteiger charge is -2.35. The SMILES string of the molecule is CCCCCC(P(=O)(c1ccccc1)c1ccccc1)P(=O)(c1ccccc1)c1ccccc1. The van der Waals surface area contributed by atoms with E-state index in [0.717, 1.165) is 40.5 Å². The van der Waals surface area contributed by atoms with Crippen molar-refractivity contribution < 1.29 is 9.13 Å². The Morgan fingerprint density at radius 3 is 1.06 bits per heavy atom. The molecule has 0 spiro atoms. The minimum absolute atomic E-state index is 0.527. The molecule has 0 atom stereocenters. The van der Waals surface area contributed by atoms with Crippen molar-refractivity contribution in [1.29, 1.82) is 0 Å². The highest BCUT2D eigenvalue weighted by Gasteiger charge is 2.48. The van der Waals surface area contributed by atoms with Crippen molar-refractivity contribution in [3.63, 3.8) is 0 Å². The van der Waals surface area contributed by atoms with E-state index in [4.69, 9.17) is 0 Å². The molecule has 0 aliphatic carbocycles. The highest BCUT2D eigenvalue weighted by Crippen LogP contribution is 2.67. The normalized spacial score (nSPS) is 12.1. The molecule has 0 N–H and O–H groups in total. The van der Waals surface area contributed by atoms with Gasteiger partial charge in [-0.25, -0.2) is 0 Å². The van der Waals surface area contributed by atoms with Crippen LogP contribution in [0.15, 0.2) is 121 Å². The predicted octanol–water partition coefficient (Wildman–Crippen LogP) is 6.92. The molecule has 0 saturated heterocycles. The van der Waals surface area contributed by atoms with Gasteiger partial charge in [-0.3, -0.25) is 0 Å². The van der Waals surface area contributed by atoms with E-state index in [0.29, 0.717) is 6.42 Å². The maximum atomic E-state index is 15.5. The van der Waals surface area contributed by atoms with Gasteiger partial charge in [0.1, 0.15) is 0 Å². The van der Waals surface area contributed by atoms with Crippen LogP contribution in [0.1, 0.15) is 32.6 Å². The van der Waals surface area contributed by atoms with Crippen molar-refractivity contribution in [1.82, 2.24) is 0 Å². The predicted molar refractivity (Wildman–Crippen MR) is 147 cm³/mol. The van der Waals surface area contributed by atoms with Crippen LogP contribution in [0.25, 0.3) is 0 Å². The van der Waals surface area contributed by atoms with E-state index in [1.807, 2.05) is 121 Å². The van der Waals surface area contributed by atoms with Gasteiger partial charge in [0.2, 0.25) is 0 Å². The first-order valence-corrected chi connectivity index (χ1v) is 15.6. The molecule has 0 fully saturated rings. The molecule has 0 amide bonds. The summed E-state index contributed by atoms with van der Waals surface area (Å²) in [7, 11) is -6.58. The second-order valence-corrected chi connectivity index (χ2v) is 15.0. The molecule has 4 aromatic carbocycles. The third-order valence-corrected chi connectivity index (χ3v) is 14.9. The van der Waals surface area contributed by atoms with Crippen LogP contribution in [-0.2, 0) is 9.13 Å². The van der Waals surface area contributed by atoms with Crippen molar-refractivity contribution in [2.45, 2.75) is 38.0 Å². The molecular formula is C30H32O2P2. The molecule has 174 valence electrons. The molecule has 4 rings (SSSR count). The topological polar surface area (TPSA) is 34.1 Å². The zero-order valence-electron chi connectivity index (χ0n) is 19.7. The third kappa shape index (κ3) is 4.76. The first kappa shape index (κ1) is 24.5. The van der Waals surface area contributed by atoms with Crippen molar-refractivity contribution in [3.8, 4) is 0 Å². The van der Waals surface area contributed by atoms with Gasteiger partial charge in [-0.05, 0) is 6.42 Å². The van der Waals surface area contributed by atoms with Crippen LogP contribution in [0.5, 0.6) is 0 Å². The summed E-state index contributed by atoms with van der Waals surface area (Å²) in [6, 6.07) is 38.8. The maximum Gasteiger partial charge on any atom is 0.153 e. The largest absolute Gasteiger partial charge is 0.313 e. The van der Waals surface area contributed by atoms with E-state index in [1.165, 1.54) is 0 Å². The molecule has 0 unspecified atom stereocenters. The first-order valence-electron chi connectivity index (χ1n) is 12.0. The van der Waals surface area contributed by atoms with Crippen LogP contribution in [0.2, 0.25) is 0 Å². The van der Waals surface area contributed by atoms with Gasteiger partial charge < -0.3 is 9.13 Å². The third-order valence-electron chi connectivity index (χ3n) is 6.46. The average Bonchev–Trinajstić information content (AvgIpc) is 2.92.